The number of aliphatic carboxylic acids is 1. The summed E-state index contributed by atoms with van der Waals surface area (Å²) in [4.78, 5) is 21.2. The van der Waals surface area contributed by atoms with E-state index in [0.717, 1.165) is 70.9 Å². The number of oxime groups is 1. The Balaban J connectivity index is 1.24. The molecule has 6 nitrogen and oxygen atoms in total. The van der Waals surface area contributed by atoms with E-state index < -0.39 is 5.97 Å². The predicted octanol–water partition coefficient (Wildman–Crippen LogP) is 7.19. The van der Waals surface area contributed by atoms with E-state index in [1.807, 2.05) is 48.5 Å². The summed E-state index contributed by atoms with van der Waals surface area (Å²) in [6.45, 7) is 0.409. The van der Waals surface area contributed by atoms with Crippen LogP contribution in [0.15, 0.2) is 90.1 Å². The van der Waals surface area contributed by atoms with Crippen LogP contribution >= 0.6 is 0 Å². The topological polar surface area (TPSA) is 81.0 Å². The molecule has 0 spiro atoms. The fourth-order valence-electron chi connectivity index (χ4n) is 4.95. The van der Waals surface area contributed by atoms with Crippen LogP contribution in [0.25, 0.3) is 22.0 Å². The molecular formula is C31H30N2O4. The molecule has 3 aromatic carbocycles. The van der Waals surface area contributed by atoms with Gasteiger partial charge in [0.15, 0.2) is 12.3 Å². The van der Waals surface area contributed by atoms with Crippen LogP contribution in [0.1, 0.15) is 49.5 Å². The average molecular weight is 495 g/mol. The van der Waals surface area contributed by atoms with Crippen LogP contribution in [0, 0.1) is 5.92 Å². The summed E-state index contributed by atoms with van der Waals surface area (Å²) in [5, 5.41) is 13.7. The van der Waals surface area contributed by atoms with Crippen LogP contribution in [-0.2, 0) is 16.2 Å². The highest BCUT2D eigenvalue weighted by Crippen LogP contribution is 2.37. The lowest BCUT2D eigenvalue weighted by Gasteiger charge is -2.28. The van der Waals surface area contributed by atoms with Crippen molar-refractivity contribution in [3.8, 4) is 16.9 Å². The van der Waals surface area contributed by atoms with Gasteiger partial charge in [-0.05, 0) is 53.8 Å². The molecule has 1 unspecified atom stereocenters. The summed E-state index contributed by atoms with van der Waals surface area (Å²) < 4.78 is 5.97. The number of pyridine rings is 1. The van der Waals surface area contributed by atoms with Crippen LogP contribution in [0.3, 0.4) is 0 Å². The molecule has 4 aromatic rings. The van der Waals surface area contributed by atoms with Gasteiger partial charge in [-0.25, -0.2) is 9.78 Å². The van der Waals surface area contributed by atoms with E-state index in [1.54, 1.807) is 0 Å². The molecule has 0 bridgehead atoms. The molecule has 5 rings (SSSR count). The summed E-state index contributed by atoms with van der Waals surface area (Å²) in [6, 6.07) is 28.4. The monoisotopic (exact) mass is 494 g/mol. The Labute approximate surface area is 216 Å². The molecule has 1 fully saturated rings. The number of carboxylic acid groups (broad SMARTS) is 1. The Kier molecular flexibility index (Phi) is 7.75. The first-order chi connectivity index (χ1) is 18.2. The number of fused-ring (bicyclic) bond motifs is 1. The summed E-state index contributed by atoms with van der Waals surface area (Å²) in [5.41, 5.74) is 5.04. The minimum absolute atomic E-state index is 0.246. The number of nitrogens with zero attached hydrogens (tertiary/aromatic N) is 2. The highest BCUT2D eigenvalue weighted by Gasteiger charge is 2.27. The first-order valence-corrected chi connectivity index (χ1v) is 12.8. The minimum Gasteiger partial charge on any atom is -0.487 e. The molecule has 1 saturated carbocycles. The Hall–Kier alpha value is -4.19. The summed E-state index contributed by atoms with van der Waals surface area (Å²) in [7, 11) is 0. The van der Waals surface area contributed by atoms with Crippen molar-refractivity contribution >= 4 is 23.1 Å². The van der Waals surface area contributed by atoms with E-state index in [0.29, 0.717) is 12.5 Å². The summed E-state index contributed by atoms with van der Waals surface area (Å²) in [6.07, 6.45) is 6.25. The van der Waals surface area contributed by atoms with Gasteiger partial charge in [0.05, 0.1) is 11.2 Å². The lowest BCUT2D eigenvalue weighted by Crippen LogP contribution is -2.18. The number of para-hydroxylation sites is 1. The Morgan fingerprint density at radius 1 is 0.919 bits per heavy atom. The van der Waals surface area contributed by atoms with E-state index in [4.69, 9.17) is 14.7 Å². The number of carbonyl (C=O) groups is 1. The Morgan fingerprint density at radius 3 is 2.35 bits per heavy atom. The van der Waals surface area contributed by atoms with Crippen molar-refractivity contribution in [2.24, 2.45) is 11.1 Å². The third-order valence-electron chi connectivity index (χ3n) is 6.89. The molecule has 1 aromatic heterocycles. The molecule has 37 heavy (non-hydrogen) atoms. The maximum atomic E-state index is 10.8. The number of rotatable bonds is 9. The van der Waals surface area contributed by atoms with Gasteiger partial charge >= 0.3 is 5.97 Å². The van der Waals surface area contributed by atoms with Crippen molar-refractivity contribution < 1.29 is 19.5 Å². The molecule has 6 heteroatoms. The quantitative estimate of drug-likeness (QED) is 0.197. The Morgan fingerprint density at radius 2 is 1.62 bits per heavy atom. The SMILES string of the molecule is O=C(O)/C=N/OC(c1ccc(-c2ccc(OCc3ccc4ccccc4n3)cc2)cc1)C1CCCCC1. The molecular weight excluding hydrogens is 464 g/mol. The zero-order valence-electron chi connectivity index (χ0n) is 20.6. The molecule has 188 valence electrons. The standard InChI is InChI=1S/C31H30N2O4/c34-30(35)20-32-37-31(25-7-2-1-3-8-25)26-12-10-22(11-13-26)23-15-18-28(19-16-23)36-21-27-17-14-24-6-4-5-9-29(24)33-27/h4-6,9-20,25,31H,1-3,7-8,21H2,(H,34,35)/b32-20+. The number of carboxylic acids is 1. The van der Waals surface area contributed by atoms with Gasteiger partial charge < -0.3 is 14.7 Å². The molecule has 1 aliphatic rings. The molecule has 1 N–H and O–H groups in total. The van der Waals surface area contributed by atoms with Gasteiger partial charge in [0.25, 0.3) is 0 Å². The van der Waals surface area contributed by atoms with Gasteiger partial charge in [-0.15, -0.1) is 0 Å². The fraction of sp³-hybridized carbons (Fsp3) is 0.258. The first kappa shape index (κ1) is 24.5. The number of benzene rings is 3. The van der Waals surface area contributed by atoms with E-state index >= 15 is 0 Å². The average Bonchev–Trinajstić information content (AvgIpc) is 2.95. The number of aromatic nitrogens is 1. The van der Waals surface area contributed by atoms with E-state index in [2.05, 4.69) is 46.5 Å². The highest BCUT2D eigenvalue weighted by molar-refractivity contribution is 6.21. The molecule has 1 heterocycles. The molecule has 0 amide bonds. The largest absolute Gasteiger partial charge is 0.487 e. The van der Waals surface area contributed by atoms with E-state index in [1.165, 1.54) is 6.42 Å². The lowest BCUT2D eigenvalue weighted by molar-refractivity contribution is -0.129. The van der Waals surface area contributed by atoms with Crippen molar-refractivity contribution in [1.29, 1.82) is 0 Å². The van der Waals surface area contributed by atoms with Crippen LogP contribution in [0.5, 0.6) is 5.75 Å². The van der Waals surface area contributed by atoms with Gasteiger partial charge in [-0.1, -0.05) is 85.1 Å². The molecule has 1 atom stereocenters. The molecule has 0 saturated heterocycles. The van der Waals surface area contributed by atoms with Crippen molar-refractivity contribution in [3.63, 3.8) is 0 Å². The van der Waals surface area contributed by atoms with Crippen LogP contribution in [-0.4, -0.2) is 22.3 Å². The third-order valence-corrected chi connectivity index (χ3v) is 6.89. The van der Waals surface area contributed by atoms with Gasteiger partial charge in [0.1, 0.15) is 12.4 Å². The normalized spacial score (nSPS) is 15.0. The van der Waals surface area contributed by atoms with Crippen molar-refractivity contribution in [2.45, 2.75) is 44.8 Å². The number of hydrogen-bond donors (Lipinski definition) is 1. The van der Waals surface area contributed by atoms with E-state index in [-0.39, 0.29) is 6.10 Å². The zero-order chi connectivity index (χ0) is 25.5. The highest BCUT2D eigenvalue weighted by atomic mass is 16.6. The molecule has 1 aliphatic carbocycles. The molecule has 0 aliphatic heterocycles. The van der Waals surface area contributed by atoms with Crippen molar-refractivity contribution in [2.75, 3.05) is 0 Å². The fourth-order valence-corrected chi connectivity index (χ4v) is 4.95. The first-order valence-electron chi connectivity index (χ1n) is 12.8. The van der Waals surface area contributed by atoms with Crippen molar-refractivity contribution in [3.05, 3.63) is 96.2 Å². The van der Waals surface area contributed by atoms with Gasteiger partial charge in [0.2, 0.25) is 0 Å². The van der Waals surface area contributed by atoms with Gasteiger partial charge in [-0.2, -0.15) is 0 Å². The minimum atomic E-state index is -1.11. The van der Waals surface area contributed by atoms with Gasteiger partial charge in [0, 0.05) is 11.3 Å². The predicted molar refractivity (Wildman–Crippen MR) is 144 cm³/mol. The number of ether oxygens (including phenoxy) is 1. The summed E-state index contributed by atoms with van der Waals surface area (Å²) in [5.74, 6) is 0.00940. The number of hydrogen-bond acceptors (Lipinski definition) is 5. The van der Waals surface area contributed by atoms with Crippen LogP contribution < -0.4 is 4.74 Å². The van der Waals surface area contributed by atoms with Crippen molar-refractivity contribution in [1.82, 2.24) is 4.98 Å². The van der Waals surface area contributed by atoms with E-state index in [9.17, 15) is 4.79 Å². The zero-order valence-corrected chi connectivity index (χ0v) is 20.6. The maximum Gasteiger partial charge on any atom is 0.350 e. The molecule has 0 radical (unpaired) electrons. The maximum absolute atomic E-state index is 10.8. The van der Waals surface area contributed by atoms with Crippen LogP contribution in [0.4, 0.5) is 0 Å². The second-order valence-electron chi connectivity index (χ2n) is 9.43. The smallest absolute Gasteiger partial charge is 0.350 e. The Bertz CT molecular complexity index is 1360. The lowest BCUT2D eigenvalue weighted by atomic mass is 9.82. The second-order valence-corrected chi connectivity index (χ2v) is 9.43. The van der Waals surface area contributed by atoms with Gasteiger partial charge in [-0.3, -0.25) is 0 Å². The van der Waals surface area contributed by atoms with Crippen LogP contribution in [0.2, 0.25) is 0 Å². The summed E-state index contributed by atoms with van der Waals surface area (Å²) >= 11 is 0. The third kappa shape index (κ3) is 6.33. The second kappa shape index (κ2) is 11.7.